The summed E-state index contributed by atoms with van der Waals surface area (Å²) in [6.07, 6.45) is 11.9. The van der Waals surface area contributed by atoms with Crippen molar-refractivity contribution in [2.24, 2.45) is 4.99 Å². The number of allylic oxidation sites excluding steroid dienone is 4. The van der Waals surface area contributed by atoms with Crippen LogP contribution in [-0.2, 0) is 14.2 Å². The summed E-state index contributed by atoms with van der Waals surface area (Å²) < 4.78 is 16.5. The van der Waals surface area contributed by atoms with Crippen LogP contribution in [-0.4, -0.2) is 61.7 Å². The molecule has 0 aliphatic heterocycles. The molecule has 1 unspecified atom stereocenters. The molecule has 40 heavy (non-hydrogen) atoms. The summed E-state index contributed by atoms with van der Waals surface area (Å²) in [5.41, 5.74) is 5.66. The lowest BCUT2D eigenvalue weighted by molar-refractivity contribution is 0.151. The highest BCUT2D eigenvalue weighted by Crippen LogP contribution is 2.26. The van der Waals surface area contributed by atoms with Gasteiger partial charge in [-0.1, -0.05) is 12.8 Å². The number of hydrogen-bond acceptors (Lipinski definition) is 8. The van der Waals surface area contributed by atoms with Crippen LogP contribution in [0.3, 0.4) is 0 Å². The number of benzene rings is 1. The van der Waals surface area contributed by atoms with E-state index in [0.717, 1.165) is 40.1 Å². The van der Waals surface area contributed by atoms with Crippen LogP contribution in [0.2, 0.25) is 0 Å². The van der Waals surface area contributed by atoms with E-state index in [2.05, 4.69) is 31.7 Å². The van der Waals surface area contributed by atoms with Gasteiger partial charge in [0.15, 0.2) is 0 Å². The Morgan fingerprint density at radius 3 is 2.60 bits per heavy atom. The highest BCUT2D eigenvalue weighted by Gasteiger charge is 2.12. The van der Waals surface area contributed by atoms with Crippen LogP contribution >= 0.6 is 0 Å². The van der Waals surface area contributed by atoms with Crippen LogP contribution in [0.1, 0.15) is 27.2 Å². The molecule has 0 aliphatic rings. The standard InChI is InChI=1S/C32H37N5O3/c1-8-11-32(40-7)29(33-4)13-10-17-37(23(2)18-27(39-6)19-24(3)38-5)26-14-15-28-30(20-26)36-31(22-35-28)25-12-9-16-34-21-25/h9,11-12,14-16,18-22,24H,8,17H2,1-7H3/b23-18+,27-19+,32-11+,33-29?. The molecule has 1 atom stereocenters. The van der Waals surface area contributed by atoms with Gasteiger partial charge in [-0.15, -0.1) is 0 Å². The van der Waals surface area contributed by atoms with E-state index in [-0.39, 0.29) is 6.10 Å². The third-order valence-corrected chi connectivity index (χ3v) is 6.09. The van der Waals surface area contributed by atoms with Crippen LogP contribution in [0.4, 0.5) is 5.69 Å². The zero-order valence-corrected chi connectivity index (χ0v) is 24.3. The van der Waals surface area contributed by atoms with Crippen LogP contribution in [0, 0.1) is 11.8 Å². The van der Waals surface area contributed by atoms with E-state index >= 15 is 0 Å². The third-order valence-electron chi connectivity index (χ3n) is 6.09. The number of anilines is 1. The zero-order chi connectivity index (χ0) is 28.9. The molecular weight excluding hydrogens is 502 g/mol. The van der Waals surface area contributed by atoms with Crippen molar-refractivity contribution >= 4 is 22.4 Å². The molecule has 0 radical (unpaired) electrons. The largest absolute Gasteiger partial charge is 0.497 e. The van der Waals surface area contributed by atoms with Gasteiger partial charge < -0.3 is 19.1 Å². The minimum atomic E-state index is -0.102. The number of pyridine rings is 1. The average Bonchev–Trinajstić information content (AvgIpc) is 2.99. The number of aliphatic imine (C=N–C) groups is 1. The number of ether oxygens (including phenoxy) is 3. The Balaban J connectivity index is 2.07. The van der Waals surface area contributed by atoms with Crippen molar-refractivity contribution in [1.82, 2.24) is 15.0 Å². The van der Waals surface area contributed by atoms with Gasteiger partial charge >= 0.3 is 0 Å². The maximum Gasteiger partial charge on any atom is 0.149 e. The molecule has 0 amide bonds. The smallest absolute Gasteiger partial charge is 0.149 e. The minimum absolute atomic E-state index is 0.102. The third kappa shape index (κ3) is 8.01. The van der Waals surface area contributed by atoms with Crippen molar-refractivity contribution in [2.75, 3.05) is 39.8 Å². The van der Waals surface area contributed by atoms with Crippen molar-refractivity contribution in [1.29, 1.82) is 0 Å². The fourth-order valence-electron chi connectivity index (χ4n) is 3.89. The van der Waals surface area contributed by atoms with E-state index < -0.39 is 0 Å². The molecule has 3 rings (SSSR count). The number of nitrogens with zero attached hydrogens (tertiary/aromatic N) is 5. The van der Waals surface area contributed by atoms with Crippen LogP contribution < -0.4 is 4.90 Å². The van der Waals surface area contributed by atoms with Gasteiger partial charge in [-0.3, -0.25) is 15.0 Å². The van der Waals surface area contributed by atoms with Crippen molar-refractivity contribution in [3.05, 3.63) is 84.4 Å². The summed E-state index contributed by atoms with van der Waals surface area (Å²) in [7, 11) is 6.65. The van der Waals surface area contributed by atoms with Crippen LogP contribution in [0.5, 0.6) is 0 Å². The molecule has 0 fully saturated rings. The topological polar surface area (TPSA) is 82.0 Å². The highest BCUT2D eigenvalue weighted by molar-refractivity contribution is 6.11. The van der Waals surface area contributed by atoms with Gasteiger partial charge in [-0.2, -0.15) is 0 Å². The Labute approximate surface area is 237 Å². The average molecular weight is 540 g/mol. The second-order valence-corrected chi connectivity index (χ2v) is 8.81. The molecule has 0 bridgehead atoms. The van der Waals surface area contributed by atoms with E-state index in [1.807, 2.05) is 69.3 Å². The van der Waals surface area contributed by atoms with Crippen LogP contribution in [0.25, 0.3) is 22.3 Å². The molecule has 0 saturated carbocycles. The van der Waals surface area contributed by atoms with Crippen molar-refractivity contribution < 1.29 is 14.2 Å². The number of aromatic nitrogens is 3. The fraction of sp³-hybridized carbons (Fsp3) is 0.312. The normalized spacial score (nSPS) is 13.5. The Morgan fingerprint density at radius 1 is 1.12 bits per heavy atom. The molecule has 3 aromatic rings. The molecule has 1 aromatic carbocycles. The summed E-state index contributed by atoms with van der Waals surface area (Å²) in [6, 6.07) is 9.84. The number of methoxy groups -OCH3 is 3. The van der Waals surface area contributed by atoms with Gasteiger partial charge in [-0.25, -0.2) is 4.98 Å². The summed E-state index contributed by atoms with van der Waals surface area (Å²) in [6.45, 7) is 6.41. The Morgan fingerprint density at radius 2 is 1.95 bits per heavy atom. The van der Waals surface area contributed by atoms with E-state index in [0.29, 0.717) is 23.8 Å². The lowest BCUT2D eigenvalue weighted by Crippen LogP contribution is -2.22. The summed E-state index contributed by atoms with van der Waals surface area (Å²) in [4.78, 5) is 20.1. The van der Waals surface area contributed by atoms with E-state index in [1.165, 1.54) is 0 Å². The Hall–Kier alpha value is -4.48. The lowest BCUT2D eigenvalue weighted by atomic mass is 10.2. The SMILES string of the molecule is CC/C=C(/OC)C(C#CCN(/C(C)=C/C(=C\C(C)OC)OC)c1ccc2ncc(-c3cccnc3)nc2c1)=NC. The number of hydrogen-bond donors (Lipinski definition) is 0. The zero-order valence-electron chi connectivity index (χ0n) is 24.3. The van der Waals surface area contributed by atoms with Gasteiger partial charge in [0.05, 0.1) is 49.8 Å². The molecule has 2 heterocycles. The summed E-state index contributed by atoms with van der Waals surface area (Å²) in [5.74, 6) is 7.80. The second kappa shape index (κ2) is 15.2. The van der Waals surface area contributed by atoms with Crippen molar-refractivity contribution in [3.63, 3.8) is 0 Å². The number of rotatable bonds is 11. The fourth-order valence-corrected chi connectivity index (χ4v) is 3.89. The molecular formula is C32H37N5O3. The summed E-state index contributed by atoms with van der Waals surface area (Å²) in [5, 5.41) is 0. The molecule has 8 nitrogen and oxygen atoms in total. The van der Waals surface area contributed by atoms with Gasteiger partial charge in [0.2, 0.25) is 0 Å². The van der Waals surface area contributed by atoms with Crippen molar-refractivity contribution in [2.45, 2.75) is 33.3 Å². The molecule has 8 heteroatoms. The van der Waals surface area contributed by atoms with Crippen molar-refractivity contribution in [3.8, 4) is 23.1 Å². The first-order chi connectivity index (χ1) is 19.4. The summed E-state index contributed by atoms with van der Waals surface area (Å²) >= 11 is 0. The first-order valence-corrected chi connectivity index (χ1v) is 13.1. The molecule has 0 N–H and O–H groups in total. The minimum Gasteiger partial charge on any atom is -0.497 e. The van der Waals surface area contributed by atoms with E-state index in [4.69, 9.17) is 19.2 Å². The van der Waals surface area contributed by atoms with E-state index in [9.17, 15) is 0 Å². The quantitative estimate of drug-likeness (QED) is 0.128. The molecule has 0 aliphatic carbocycles. The second-order valence-electron chi connectivity index (χ2n) is 8.81. The molecule has 2 aromatic heterocycles. The van der Waals surface area contributed by atoms with E-state index in [1.54, 1.807) is 47.0 Å². The first kappa shape index (κ1) is 30.1. The molecule has 0 spiro atoms. The molecule has 0 saturated heterocycles. The van der Waals surface area contributed by atoms with Crippen LogP contribution in [0.15, 0.2) is 89.4 Å². The lowest BCUT2D eigenvalue weighted by Gasteiger charge is -2.24. The first-order valence-electron chi connectivity index (χ1n) is 13.1. The van der Waals surface area contributed by atoms with Gasteiger partial charge in [0.25, 0.3) is 0 Å². The predicted octanol–water partition coefficient (Wildman–Crippen LogP) is 5.98. The predicted molar refractivity (Wildman–Crippen MR) is 162 cm³/mol. The molecule has 208 valence electrons. The van der Waals surface area contributed by atoms with Gasteiger partial charge in [0, 0.05) is 43.5 Å². The maximum atomic E-state index is 5.62. The van der Waals surface area contributed by atoms with Gasteiger partial charge in [-0.05, 0) is 74.7 Å². The monoisotopic (exact) mass is 539 g/mol. The highest BCUT2D eigenvalue weighted by atomic mass is 16.5. The maximum absolute atomic E-state index is 5.62. The Bertz CT molecular complexity index is 1470. The van der Waals surface area contributed by atoms with Gasteiger partial charge in [0.1, 0.15) is 17.2 Å². The Kier molecular flexibility index (Phi) is 11.4. The number of fused-ring (bicyclic) bond motifs is 1.